The first-order valence-electron chi connectivity index (χ1n) is 9.02. The van der Waals surface area contributed by atoms with Crippen molar-refractivity contribution in [1.29, 1.82) is 0 Å². The molecule has 2 aromatic heterocycles. The highest BCUT2D eigenvalue weighted by atomic mass is 32.2. The summed E-state index contributed by atoms with van der Waals surface area (Å²) in [6.45, 7) is 6.25. The van der Waals surface area contributed by atoms with Crippen LogP contribution in [0.25, 0.3) is 0 Å². The third-order valence-corrected chi connectivity index (χ3v) is 7.45. The van der Waals surface area contributed by atoms with Crippen molar-refractivity contribution in [3.8, 4) is 0 Å². The number of thioether (sulfide) groups is 1. The van der Waals surface area contributed by atoms with Crippen LogP contribution in [-0.4, -0.2) is 34.4 Å². The molecule has 1 N–H and O–H groups in total. The van der Waals surface area contributed by atoms with Crippen molar-refractivity contribution < 1.29 is 14.3 Å². The van der Waals surface area contributed by atoms with Gasteiger partial charge in [-0.3, -0.25) is 4.79 Å². The standard InChI is InChI=1S/C18H23N3O3S3/c1-4-24-17(23)15-12-6-5-10(2)9-13(12)27-16(15)19-14(22)7-8-25-18-21-20-11(3)26-18/h10H,4-9H2,1-3H3,(H,19,22)/t10-/m0/s1. The number of hydrogen-bond acceptors (Lipinski definition) is 8. The number of thiophene rings is 1. The van der Waals surface area contributed by atoms with Crippen LogP contribution in [-0.2, 0) is 22.4 Å². The summed E-state index contributed by atoms with van der Waals surface area (Å²) in [6, 6.07) is 0. The second kappa shape index (κ2) is 9.16. The molecule has 0 bridgehead atoms. The third kappa shape index (κ3) is 5.08. The Labute approximate surface area is 171 Å². The van der Waals surface area contributed by atoms with Gasteiger partial charge in [0.2, 0.25) is 5.91 Å². The number of amides is 1. The first kappa shape index (κ1) is 20.3. The highest BCUT2D eigenvalue weighted by molar-refractivity contribution is 8.01. The zero-order chi connectivity index (χ0) is 19.4. The van der Waals surface area contributed by atoms with E-state index in [0.717, 1.165) is 34.2 Å². The topological polar surface area (TPSA) is 81.2 Å². The smallest absolute Gasteiger partial charge is 0.341 e. The summed E-state index contributed by atoms with van der Waals surface area (Å²) in [7, 11) is 0. The molecule has 0 saturated heterocycles. The third-order valence-electron chi connectivity index (χ3n) is 4.31. The second-order valence-corrected chi connectivity index (χ2v) is 10.1. The lowest BCUT2D eigenvalue weighted by molar-refractivity contribution is -0.115. The van der Waals surface area contributed by atoms with E-state index in [0.29, 0.717) is 35.3 Å². The average Bonchev–Trinajstić information content (AvgIpc) is 3.17. The number of aromatic nitrogens is 2. The summed E-state index contributed by atoms with van der Waals surface area (Å²) in [6.07, 6.45) is 3.23. The van der Waals surface area contributed by atoms with E-state index in [9.17, 15) is 9.59 Å². The number of esters is 1. The van der Waals surface area contributed by atoms with Gasteiger partial charge in [0.25, 0.3) is 0 Å². The molecule has 0 saturated carbocycles. The summed E-state index contributed by atoms with van der Waals surface area (Å²) >= 11 is 4.57. The molecular weight excluding hydrogens is 402 g/mol. The largest absolute Gasteiger partial charge is 0.462 e. The number of carbonyl (C=O) groups excluding carboxylic acids is 2. The molecule has 27 heavy (non-hydrogen) atoms. The van der Waals surface area contributed by atoms with Crippen LogP contribution < -0.4 is 5.32 Å². The summed E-state index contributed by atoms with van der Waals surface area (Å²) in [5, 5.41) is 12.5. The first-order chi connectivity index (χ1) is 13.0. The minimum atomic E-state index is -0.335. The molecule has 3 rings (SSSR count). The number of nitrogens with zero attached hydrogens (tertiary/aromatic N) is 2. The molecule has 2 aromatic rings. The Kier molecular flexibility index (Phi) is 6.88. The van der Waals surface area contributed by atoms with Gasteiger partial charge in [0.1, 0.15) is 10.0 Å². The normalized spacial score (nSPS) is 16.0. The lowest BCUT2D eigenvalue weighted by atomic mass is 9.88. The predicted molar refractivity (Wildman–Crippen MR) is 110 cm³/mol. The summed E-state index contributed by atoms with van der Waals surface area (Å²) < 4.78 is 6.11. The molecule has 146 valence electrons. The van der Waals surface area contributed by atoms with Crippen molar-refractivity contribution in [2.45, 2.75) is 50.8 Å². The monoisotopic (exact) mass is 425 g/mol. The van der Waals surface area contributed by atoms with E-state index >= 15 is 0 Å². The Hall–Kier alpha value is -1.45. The number of hydrogen-bond donors (Lipinski definition) is 1. The number of carbonyl (C=O) groups is 2. The van der Waals surface area contributed by atoms with Crippen molar-refractivity contribution in [3.05, 3.63) is 21.0 Å². The molecule has 0 unspecified atom stereocenters. The van der Waals surface area contributed by atoms with Crippen LogP contribution in [0.4, 0.5) is 5.00 Å². The van der Waals surface area contributed by atoms with Gasteiger partial charge >= 0.3 is 5.97 Å². The molecule has 6 nitrogen and oxygen atoms in total. The minimum absolute atomic E-state index is 0.0964. The van der Waals surface area contributed by atoms with Gasteiger partial charge < -0.3 is 10.1 Å². The van der Waals surface area contributed by atoms with Crippen LogP contribution in [0.3, 0.4) is 0 Å². The molecule has 9 heteroatoms. The number of fused-ring (bicyclic) bond motifs is 1. The molecule has 1 atom stereocenters. The quantitative estimate of drug-likeness (QED) is 0.525. The van der Waals surface area contributed by atoms with Crippen molar-refractivity contribution in [3.63, 3.8) is 0 Å². The van der Waals surface area contributed by atoms with Crippen molar-refractivity contribution in [1.82, 2.24) is 10.2 Å². The van der Waals surface area contributed by atoms with Gasteiger partial charge in [-0.1, -0.05) is 30.0 Å². The van der Waals surface area contributed by atoms with E-state index < -0.39 is 0 Å². The summed E-state index contributed by atoms with van der Waals surface area (Å²) in [5.41, 5.74) is 1.62. The Bertz CT molecular complexity index is 831. The number of anilines is 1. The Balaban J connectivity index is 1.67. The maximum Gasteiger partial charge on any atom is 0.341 e. The molecule has 0 fully saturated rings. The molecule has 0 spiro atoms. The number of ether oxygens (including phenoxy) is 1. The highest BCUT2D eigenvalue weighted by Gasteiger charge is 2.29. The van der Waals surface area contributed by atoms with Gasteiger partial charge in [0.15, 0.2) is 4.34 Å². The highest BCUT2D eigenvalue weighted by Crippen LogP contribution is 2.40. The van der Waals surface area contributed by atoms with Crippen LogP contribution >= 0.6 is 34.4 Å². The van der Waals surface area contributed by atoms with Crippen molar-refractivity contribution in [2.75, 3.05) is 17.7 Å². The summed E-state index contributed by atoms with van der Waals surface area (Å²) in [5.74, 6) is 0.790. The van der Waals surface area contributed by atoms with Crippen LogP contribution in [0, 0.1) is 12.8 Å². The lowest BCUT2D eigenvalue weighted by Crippen LogP contribution is -2.16. The molecule has 0 aliphatic heterocycles. The molecule has 1 amide bonds. The fourth-order valence-corrected chi connectivity index (χ4v) is 6.25. The Morgan fingerprint density at radius 1 is 1.33 bits per heavy atom. The molecule has 1 aliphatic carbocycles. The van der Waals surface area contributed by atoms with E-state index in [1.165, 1.54) is 39.3 Å². The molecule has 0 radical (unpaired) electrons. The number of rotatable bonds is 7. The van der Waals surface area contributed by atoms with Crippen LogP contribution in [0.15, 0.2) is 4.34 Å². The molecule has 1 aliphatic rings. The van der Waals surface area contributed by atoms with Gasteiger partial charge in [-0.25, -0.2) is 4.79 Å². The van der Waals surface area contributed by atoms with Crippen molar-refractivity contribution in [2.24, 2.45) is 5.92 Å². The van der Waals surface area contributed by atoms with Gasteiger partial charge in [-0.2, -0.15) is 0 Å². The van der Waals surface area contributed by atoms with Gasteiger partial charge in [-0.15, -0.1) is 21.5 Å². The fraction of sp³-hybridized carbons (Fsp3) is 0.556. The van der Waals surface area contributed by atoms with Gasteiger partial charge in [0, 0.05) is 17.1 Å². The van der Waals surface area contributed by atoms with Gasteiger partial charge in [0.05, 0.1) is 12.2 Å². The molecular formula is C18H23N3O3S3. The molecule has 2 heterocycles. The minimum Gasteiger partial charge on any atom is -0.462 e. The van der Waals surface area contributed by atoms with Gasteiger partial charge in [-0.05, 0) is 44.6 Å². The molecule has 0 aromatic carbocycles. The first-order valence-corrected chi connectivity index (χ1v) is 11.6. The Morgan fingerprint density at radius 3 is 2.85 bits per heavy atom. The fourth-order valence-electron chi connectivity index (χ4n) is 3.01. The van der Waals surface area contributed by atoms with E-state index in [4.69, 9.17) is 4.74 Å². The van der Waals surface area contributed by atoms with Crippen molar-refractivity contribution >= 4 is 51.3 Å². The van der Waals surface area contributed by atoms with E-state index in [1.54, 1.807) is 6.92 Å². The average molecular weight is 426 g/mol. The zero-order valence-electron chi connectivity index (χ0n) is 15.7. The zero-order valence-corrected chi connectivity index (χ0v) is 18.1. The van der Waals surface area contributed by atoms with Crippen LogP contribution in [0.2, 0.25) is 0 Å². The van der Waals surface area contributed by atoms with Crippen LogP contribution in [0.5, 0.6) is 0 Å². The maximum atomic E-state index is 12.5. The SMILES string of the molecule is CCOC(=O)c1c(NC(=O)CCSc2nnc(C)s2)sc2c1CC[C@H](C)C2. The number of nitrogens with one attached hydrogen (secondary N) is 1. The Morgan fingerprint density at radius 2 is 2.15 bits per heavy atom. The maximum absolute atomic E-state index is 12.5. The van der Waals surface area contributed by atoms with E-state index in [1.807, 2.05) is 6.92 Å². The van der Waals surface area contributed by atoms with E-state index in [-0.39, 0.29) is 11.9 Å². The van der Waals surface area contributed by atoms with E-state index in [2.05, 4.69) is 22.4 Å². The second-order valence-electron chi connectivity index (χ2n) is 6.51. The van der Waals surface area contributed by atoms with Crippen LogP contribution in [0.1, 0.15) is 52.5 Å². The lowest BCUT2D eigenvalue weighted by Gasteiger charge is -2.18. The number of aryl methyl sites for hydroxylation is 1. The summed E-state index contributed by atoms with van der Waals surface area (Å²) in [4.78, 5) is 26.1. The predicted octanol–water partition coefficient (Wildman–Crippen LogP) is 4.33.